The standard InChI is InChI=1S/C15H29N3O/c1-13(2)12-18(11-5-9-16)14(19)6-7-15(3,4)8-10-17/h13H,5-8,10-12,17H2,1-4H3. The molecule has 0 spiro atoms. The number of amides is 1. The molecule has 0 aliphatic carbocycles. The molecular weight excluding hydrogens is 238 g/mol. The molecule has 0 aromatic heterocycles. The Balaban J connectivity index is 4.35. The lowest BCUT2D eigenvalue weighted by atomic mass is 9.84. The maximum atomic E-state index is 12.2. The summed E-state index contributed by atoms with van der Waals surface area (Å²) in [6.07, 6.45) is 2.74. The first-order valence-electron chi connectivity index (χ1n) is 7.17. The summed E-state index contributed by atoms with van der Waals surface area (Å²) in [5, 5.41) is 8.66. The van der Waals surface area contributed by atoms with E-state index < -0.39 is 0 Å². The van der Waals surface area contributed by atoms with Crippen molar-refractivity contribution in [3.63, 3.8) is 0 Å². The van der Waals surface area contributed by atoms with Gasteiger partial charge in [0.25, 0.3) is 0 Å². The van der Waals surface area contributed by atoms with Crippen LogP contribution in [0, 0.1) is 22.7 Å². The third kappa shape index (κ3) is 8.61. The number of hydrogen-bond acceptors (Lipinski definition) is 3. The van der Waals surface area contributed by atoms with Crippen molar-refractivity contribution in [3.8, 4) is 6.07 Å². The van der Waals surface area contributed by atoms with E-state index in [4.69, 9.17) is 11.0 Å². The molecule has 0 aromatic carbocycles. The van der Waals surface area contributed by atoms with Crippen LogP contribution in [0.5, 0.6) is 0 Å². The molecule has 0 radical (unpaired) electrons. The van der Waals surface area contributed by atoms with Gasteiger partial charge in [-0.25, -0.2) is 0 Å². The fraction of sp³-hybridized carbons (Fsp3) is 0.867. The zero-order valence-corrected chi connectivity index (χ0v) is 12.9. The van der Waals surface area contributed by atoms with E-state index in [9.17, 15) is 4.79 Å². The van der Waals surface area contributed by atoms with E-state index >= 15 is 0 Å². The lowest BCUT2D eigenvalue weighted by molar-refractivity contribution is -0.132. The van der Waals surface area contributed by atoms with E-state index in [1.165, 1.54) is 0 Å². The van der Waals surface area contributed by atoms with Gasteiger partial charge >= 0.3 is 0 Å². The van der Waals surface area contributed by atoms with Gasteiger partial charge in [0.15, 0.2) is 0 Å². The number of nitrogens with zero attached hydrogens (tertiary/aromatic N) is 2. The van der Waals surface area contributed by atoms with Crippen LogP contribution in [-0.4, -0.2) is 30.4 Å². The molecule has 0 aliphatic rings. The summed E-state index contributed by atoms with van der Waals surface area (Å²) >= 11 is 0. The van der Waals surface area contributed by atoms with E-state index in [0.29, 0.717) is 31.8 Å². The van der Waals surface area contributed by atoms with Crippen molar-refractivity contribution in [1.82, 2.24) is 4.90 Å². The van der Waals surface area contributed by atoms with Crippen molar-refractivity contribution < 1.29 is 4.79 Å². The summed E-state index contributed by atoms with van der Waals surface area (Å²) in [5.41, 5.74) is 5.70. The second-order valence-corrected chi connectivity index (χ2v) is 6.34. The predicted molar refractivity (Wildman–Crippen MR) is 78.3 cm³/mol. The van der Waals surface area contributed by atoms with Crippen LogP contribution in [0.1, 0.15) is 53.4 Å². The molecular formula is C15H29N3O. The molecule has 110 valence electrons. The second kappa shape index (κ2) is 8.92. The number of nitriles is 1. The first-order valence-corrected chi connectivity index (χ1v) is 7.17. The molecule has 2 N–H and O–H groups in total. The highest BCUT2D eigenvalue weighted by Crippen LogP contribution is 2.26. The Hall–Kier alpha value is -1.08. The summed E-state index contributed by atoms with van der Waals surface area (Å²) in [7, 11) is 0. The largest absolute Gasteiger partial charge is 0.341 e. The Labute approximate surface area is 118 Å². The normalized spacial score (nSPS) is 11.4. The van der Waals surface area contributed by atoms with Gasteiger partial charge in [-0.1, -0.05) is 27.7 Å². The summed E-state index contributed by atoms with van der Waals surface area (Å²) < 4.78 is 0. The molecule has 4 heteroatoms. The lowest BCUT2D eigenvalue weighted by Crippen LogP contribution is -2.35. The fourth-order valence-electron chi connectivity index (χ4n) is 2.06. The number of nitrogens with two attached hydrogens (primary N) is 1. The van der Waals surface area contributed by atoms with Crippen LogP contribution >= 0.6 is 0 Å². The van der Waals surface area contributed by atoms with Crippen LogP contribution in [0.4, 0.5) is 0 Å². The van der Waals surface area contributed by atoms with E-state index in [1.54, 1.807) is 0 Å². The molecule has 0 aromatic rings. The quantitative estimate of drug-likeness (QED) is 0.698. The average molecular weight is 267 g/mol. The van der Waals surface area contributed by atoms with Gasteiger partial charge in [0.2, 0.25) is 5.91 Å². The van der Waals surface area contributed by atoms with Gasteiger partial charge in [0.1, 0.15) is 0 Å². The second-order valence-electron chi connectivity index (χ2n) is 6.34. The molecule has 0 saturated heterocycles. The number of hydrogen-bond donors (Lipinski definition) is 1. The van der Waals surface area contributed by atoms with Crippen molar-refractivity contribution in [2.75, 3.05) is 19.6 Å². The van der Waals surface area contributed by atoms with Crippen LogP contribution in [0.25, 0.3) is 0 Å². The predicted octanol–water partition coefficient (Wildman–Crippen LogP) is 2.54. The summed E-state index contributed by atoms with van der Waals surface area (Å²) in [6, 6.07) is 2.11. The summed E-state index contributed by atoms with van der Waals surface area (Å²) in [5.74, 6) is 0.591. The molecule has 0 bridgehead atoms. The summed E-state index contributed by atoms with van der Waals surface area (Å²) in [6.45, 7) is 10.4. The van der Waals surface area contributed by atoms with Crippen molar-refractivity contribution in [3.05, 3.63) is 0 Å². The SMILES string of the molecule is CC(C)CN(CCC#N)C(=O)CCC(C)(C)CCN. The molecule has 0 unspecified atom stereocenters. The molecule has 19 heavy (non-hydrogen) atoms. The number of carbonyl (C=O) groups is 1. The van der Waals surface area contributed by atoms with Crippen molar-refractivity contribution in [1.29, 1.82) is 5.26 Å². The Bertz CT molecular complexity index is 305. The Kier molecular flexibility index (Phi) is 8.42. The van der Waals surface area contributed by atoms with E-state index in [2.05, 4.69) is 33.8 Å². The minimum atomic E-state index is 0.114. The molecule has 1 amide bonds. The Morgan fingerprint density at radius 2 is 2.00 bits per heavy atom. The third-order valence-electron chi connectivity index (χ3n) is 3.27. The van der Waals surface area contributed by atoms with Crippen LogP contribution < -0.4 is 5.73 Å². The summed E-state index contributed by atoms with van der Waals surface area (Å²) in [4.78, 5) is 14.0. The Morgan fingerprint density at radius 1 is 1.37 bits per heavy atom. The monoisotopic (exact) mass is 267 g/mol. The zero-order valence-electron chi connectivity index (χ0n) is 12.9. The van der Waals surface area contributed by atoms with Gasteiger partial charge in [-0.15, -0.1) is 0 Å². The van der Waals surface area contributed by atoms with Gasteiger partial charge in [0.05, 0.1) is 12.5 Å². The zero-order chi connectivity index (χ0) is 14.9. The van der Waals surface area contributed by atoms with Gasteiger partial charge in [0, 0.05) is 19.5 Å². The van der Waals surface area contributed by atoms with Crippen molar-refractivity contribution in [2.24, 2.45) is 17.1 Å². The average Bonchev–Trinajstić information content (AvgIpc) is 2.31. The molecule has 0 fully saturated rings. The van der Waals surface area contributed by atoms with Crippen LogP contribution in [0.15, 0.2) is 0 Å². The maximum absolute atomic E-state index is 12.2. The Morgan fingerprint density at radius 3 is 2.47 bits per heavy atom. The molecule has 0 rings (SSSR count). The van der Waals surface area contributed by atoms with E-state index in [0.717, 1.165) is 19.4 Å². The minimum Gasteiger partial charge on any atom is -0.341 e. The van der Waals surface area contributed by atoms with Gasteiger partial charge in [-0.05, 0) is 30.7 Å². The van der Waals surface area contributed by atoms with Gasteiger partial charge in [-0.3, -0.25) is 4.79 Å². The van der Waals surface area contributed by atoms with Crippen molar-refractivity contribution in [2.45, 2.75) is 53.4 Å². The maximum Gasteiger partial charge on any atom is 0.222 e. The molecule has 0 heterocycles. The fourth-order valence-corrected chi connectivity index (χ4v) is 2.06. The van der Waals surface area contributed by atoms with E-state index in [-0.39, 0.29) is 11.3 Å². The highest BCUT2D eigenvalue weighted by atomic mass is 16.2. The topological polar surface area (TPSA) is 70.1 Å². The highest BCUT2D eigenvalue weighted by molar-refractivity contribution is 5.76. The van der Waals surface area contributed by atoms with Crippen LogP contribution in [-0.2, 0) is 4.79 Å². The first-order chi connectivity index (χ1) is 8.82. The van der Waals surface area contributed by atoms with Crippen LogP contribution in [0.2, 0.25) is 0 Å². The lowest BCUT2D eigenvalue weighted by Gasteiger charge is -2.27. The smallest absolute Gasteiger partial charge is 0.222 e. The highest BCUT2D eigenvalue weighted by Gasteiger charge is 2.21. The first kappa shape index (κ1) is 17.9. The molecule has 0 atom stereocenters. The van der Waals surface area contributed by atoms with Gasteiger partial charge in [-0.2, -0.15) is 5.26 Å². The minimum absolute atomic E-state index is 0.114. The molecule has 0 saturated carbocycles. The van der Waals surface area contributed by atoms with Crippen molar-refractivity contribution >= 4 is 5.91 Å². The van der Waals surface area contributed by atoms with E-state index in [1.807, 2.05) is 4.90 Å². The molecule has 4 nitrogen and oxygen atoms in total. The van der Waals surface area contributed by atoms with Crippen LogP contribution in [0.3, 0.4) is 0 Å². The number of rotatable bonds is 9. The third-order valence-corrected chi connectivity index (χ3v) is 3.27. The van der Waals surface area contributed by atoms with Gasteiger partial charge < -0.3 is 10.6 Å². The molecule has 0 aliphatic heterocycles. The number of carbonyl (C=O) groups excluding carboxylic acids is 1.